The third-order valence-corrected chi connectivity index (χ3v) is 6.88. The highest BCUT2D eigenvalue weighted by Crippen LogP contribution is 2.48. The van der Waals surface area contributed by atoms with Crippen molar-refractivity contribution >= 4 is 21.4 Å². The van der Waals surface area contributed by atoms with Gasteiger partial charge in [0.05, 0.1) is 16.9 Å². The van der Waals surface area contributed by atoms with Crippen molar-refractivity contribution in [2.45, 2.75) is 31.9 Å². The first-order valence-corrected chi connectivity index (χ1v) is 13.9. The molecule has 0 unspecified atom stereocenters. The smallest absolute Gasteiger partial charge is 0.416 e. The third-order valence-electron chi connectivity index (χ3n) is 5.98. The Balaban J connectivity index is 1.69. The van der Waals surface area contributed by atoms with Crippen molar-refractivity contribution in [1.82, 2.24) is 0 Å². The van der Waals surface area contributed by atoms with E-state index in [2.05, 4.69) is 5.32 Å². The van der Waals surface area contributed by atoms with Gasteiger partial charge in [0.1, 0.15) is 23.9 Å². The minimum Gasteiger partial charge on any atom is -0.489 e. The van der Waals surface area contributed by atoms with E-state index in [1.807, 2.05) is 0 Å². The molecule has 1 fully saturated rings. The molecular formula is C27H24F5NO5S. The van der Waals surface area contributed by atoms with Gasteiger partial charge in [0, 0.05) is 18.0 Å². The quantitative estimate of drug-likeness (QED) is 0.292. The molecule has 0 spiro atoms. The summed E-state index contributed by atoms with van der Waals surface area (Å²) in [5.74, 6) is -3.42. The van der Waals surface area contributed by atoms with Gasteiger partial charge < -0.3 is 14.8 Å². The standard InChI is InChI=1S/C27H24F5NO5S/c1-15-11-17(28)5-8-23(15)38-24-14-19(16-3-4-16)21(27(30,31)32)13-20(24)26(34)33-18-6-7-22(29)25(12-18)37-9-10-39(2,35)36/h5-8,11-14,16H,3-4,9-10H2,1-2H3,(H,33,34). The Bertz CT molecular complexity index is 1520. The van der Waals surface area contributed by atoms with Gasteiger partial charge in [0.2, 0.25) is 0 Å². The first-order chi connectivity index (χ1) is 18.2. The number of aryl methyl sites for hydroxylation is 1. The van der Waals surface area contributed by atoms with Gasteiger partial charge in [-0.05, 0) is 79.3 Å². The summed E-state index contributed by atoms with van der Waals surface area (Å²) < 4.78 is 103. The number of anilines is 1. The van der Waals surface area contributed by atoms with Crippen LogP contribution in [0.1, 0.15) is 45.8 Å². The zero-order valence-corrected chi connectivity index (χ0v) is 21.7. The molecule has 1 N–H and O–H groups in total. The number of halogens is 5. The number of hydrogen-bond donors (Lipinski definition) is 1. The van der Waals surface area contributed by atoms with Crippen LogP contribution in [0.4, 0.5) is 27.6 Å². The highest BCUT2D eigenvalue weighted by molar-refractivity contribution is 7.90. The van der Waals surface area contributed by atoms with Crippen molar-refractivity contribution in [1.29, 1.82) is 0 Å². The Labute approximate surface area is 221 Å². The van der Waals surface area contributed by atoms with E-state index in [1.54, 1.807) is 6.92 Å². The second-order valence-electron chi connectivity index (χ2n) is 9.30. The third kappa shape index (κ3) is 7.25. The lowest BCUT2D eigenvalue weighted by molar-refractivity contribution is -0.138. The van der Waals surface area contributed by atoms with Crippen LogP contribution in [-0.2, 0) is 16.0 Å². The van der Waals surface area contributed by atoms with E-state index in [4.69, 9.17) is 9.47 Å². The molecular weight excluding hydrogens is 545 g/mol. The van der Waals surface area contributed by atoms with Crippen molar-refractivity contribution in [3.05, 3.63) is 82.4 Å². The number of amides is 1. The number of nitrogens with one attached hydrogen (secondary N) is 1. The Hall–Kier alpha value is -3.67. The summed E-state index contributed by atoms with van der Waals surface area (Å²) in [6.45, 7) is 1.20. The van der Waals surface area contributed by atoms with E-state index in [1.165, 1.54) is 24.3 Å². The van der Waals surface area contributed by atoms with Gasteiger partial charge in [-0.15, -0.1) is 0 Å². The summed E-state index contributed by atoms with van der Waals surface area (Å²) in [4.78, 5) is 13.2. The van der Waals surface area contributed by atoms with Crippen LogP contribution >= 0.6 is 0 Å². The molecule has 0 heterocycles. The molecule has 1 saturated carbocycles. The number of hydrogen-bond acceptors (Lipinski definition) is 5. The summed E-state index contributed by atoms with van der Waals surface area (Å²) in [6, 6.07) is 8.73. The molecule has 0 radical (unpaired) electrons. The molecule has 6 nitrogen and oxygen atoms in total. The fraction of sp³-hybridized carbons (Fsp3) is 0.296. The highest BCUT2D eigenvalue weighted by atomic mass is 32.2. The van der Waals surface area contributed by atoms with E-state index in [9.17, 15) is 35.2 Å². The number of carbonyl (C=O) groups is 1. The summed E-state index contributed by atoms with van der Waals surface area (Å²) in [7, 11) is -3.37. The molecule has 12 heteroatoms. The molecule has 3 aromatic rings. The number of benzene rings is 3. The minimum absolute atomic E-state index is 0.00263. The fourth-order valence-corrected chi connectivity index (χ4v) is 4.26. The lowest BCUT2D eigenvalue weighted by Gasteiger charge is -2.19. The maximum Gasteiger partial charge on any atom is 0.416 e. The zero-order chi connectivity index (χ0) is 28.5. The summed E-state index contributed by atoms with van der Waals surface area (Å²) in [6.07, 6.45) is -2.64. The van der Waals surface area contributed by atoms with Gasteiger partial charge in [-0.3, -0.25) is 4.79 Å². The van der Waals surface area contributed by atoms with E-state index >= 15 is 0 Å². The fourth-order valence-electron chi connectivity index (χ4n) is 3.87. The Kier molecular flexibility index (Phi) is 7.87. The van der Waals surface area contributed by atoms with Gasteiger partial charge in [-0.1, -0.05) is 0 Å². The van der Waals surface area contributed by atoms with E-state index in [-0.39, 0.29) is 46.8 Å². The van der Waals surface area contributed by atoms with Crippen LogP contribution in [0.5, 0.6) is 17.2 Å². The first kappa shape index (κ1) is 28.3. The van der Waals surface area contributed by atoms with Crippen molar-refractivity contribution in [2.75, 3.05) is 23.9 Å². The topological polar surface area (TPSA) is 81.7 Å². The van der Waals surface area contributed by atoms with Crippen LogP contribution < -0.4 is 14.8 Å². The van der Waals surface area contributed by atoms with Crippen LogP contribution in [0.25, 0.3) is 0 Å². The van der Waals surface area contributed by atoms with Crippen LogP contribution in [0, 0.1) is 18.6 Å². The van der Waals surface area contributed by atoms with E-state index in [0.29, 0.717) is 24.5 Å². The Morgan fingerprint density at radius 3 is 2.33 bits per heavy atom. The molecule has 39 heavy (non-hydrogen) atoms. The average molecular weight is 570 g/mol. The number of carbonyl (C=O) groups excluding carboxylic acids is 1. The summed E-state index contributed by atoms with van der Waals surface area (Å²) >= 11 is 0. The average Bonchev–Trinajstić information content (AvgIpc) is 3.66. The molecule has 0 aliphatic heterocycles. The maximum atomic E-state index is 14.2. The van der Waals surface area contributed by atoms with Gasteiger partial charge in [-0.2, -0.15) is 13.2 Å². The monoisotopic (exact) mass is 569 g/mol. The molecule has 0 saturated heterocycles. The summed E-state index contributed by atoms with van der Waals surface area (Å²) in [5, 5.41) is 2.41. The van der Waals surface area contributed by atoms with Gasteiger partial charge in [0.15, 0.2) is 21.4 Å². The Morgan fingerprint density at radius 2 is 1.72 bits per heavy atom. The van der Waals surface area contributed by atoms with E-state index in [0.717, 1.165) is 24.5 Å². The van der Waals surface area contributed by atoms with Crippen molar-refractivity contribution < 1.29 is 44.6 Å². The number of sulfone groups is 1. The predicted molar refractivity (Wildman–Crippen MR) is 134 cm³/mol. The Morgan fingerprint density at radius 1 is 1.00 bits per heavy atom. The molecule has 0 aromatic heterocycles. The molecule has 1 aliphatic carbocycles. The zero-order valence-electron chi connectivity index (χ0n) is 20.9. The second kappa shape index (κ2) is 10.8. The lowest BCUT2D eigenvalue weighted by Crippen LogP contribution is -2.17. The molecule has 208 valence electrons. The predicted octanol–water partition coefficient (Wildman–Crippen LogP) is 6.64. The SMILES string of the molecule is Cc1cc(F)ccc1Oc1cc(C2CC2)c(C(F)(F)F)cc1C(=O)Nc1ccc(F)c(OCCS(C)(=O)=O)c1. The van der Waals surface area contributed by atoms with Crippen LogP contribution in [0.15, 0.2) is 48.5 Å². The van der Waals surface area contributed by atoms with Gasteiger partial charge in [0.25, 0.3) is 5.91 Å². The van der Waals surface area contributed by atoms with E-state index < -0.39 is 44.7 Å². The minimum atomic E-state index is -4.74. The van der Waals surface area contributed by atoms with Gasteiger partial charge in [-0.25, -0.2) is 17.2 Å². The molecule has 0 atom stereocenters. The van der Waals surface area contributed by atoms with Crippen molar-refractivity contribution in [3.63, 3.8) is 0 Å². The van der Waals surface area contributed by atoms with Crippen LogP contribution in [-0.4, -0.2) is 32.9 Å². The largest absolute Gasteiger partial charge is 0.489 e. The maximum absolute atomic E-state index is 14.2. The number of rotatable bonds is 9. The van der Waals surface area contributed by atoms with Crippen LogP contribution in [0.3, 0.4) is 0 Å². The molecule has 0 bridgehead atoms. The molecule has 1 aliphatic rings. The lowest BCUT2D eigenvalue weighted by atomic mass is 9.98. The molecule has 4 rings (SSSR count). The molecule has 3 aromatic carbocycles. The van der Waals surface area contributed by atoms with Crippen molar-refractivity contribution in [2.24, 2.45) is 0 Å². The summed E-state index contributed by atoms with van der Waals surface area (Å²) in [5.41, 5.74) is -1.07. The first-order valence-electron chi connectivity index (χ1n) is 11.8. The number of ether oxygens (including phenoxy) is 2. The van der Waals surface area contributed by atoms with Crippen molar-refractivity contribution in [3.8, 4) is 17.2 Å². The second-order valence-corrected chi connectivity index (χ2v) is 11.6. The number of alkyl halides is 3. The normalized spacial score (nSPS) is 13.7. The molecule has 1 amide bonds. The van der Waals surface area contributed by atoms with Gasteiger partial charge >= 0.3 is 6.18 Å². The highest BCUT2D eigenvalue weighted by Gasteiger charge is 2.40. The van der Waals surface area contributed by atoms with Crippen LogP contribution in [0.2, 0.25) is 0 Å².